The lowest BCUT2D eigenvalue weighted by atomic mass is 9.91. The normalized spacial score (nSPS) is 16.0. The van der Waals surface area contributed by atoms with E-state index in [-0.39, 0.29) is 55.3 Å². The predicted octanol–water partition coefficient (Wildman–Crippen LogP) is 7.98. The molecule has 0 unspecified atom stereocenters. The van der Waals surface area contributed by atoms with E-state index >= 15 is 0 Å². The number of carboxylic acids is 1. The third-order valence-corrected chi connectivity index (χ3v) is 15.5. The summed E-state index contributed by atoms with van der Waals surface area (Å²) in [4.78, 5) is 86.6. The molecule has 4 heterocycles. The second-order valence-corrected chi connectivity index (χ2v) is 20.4. The fourth-order valence-corrected chi connectivity index (χ4v) is 11.4. The molecule has 3 amide bonds. The van der Waals surface area contributed by atoms with E-state index in [0.29, 0.717) is 64.0 Å². The van der Waals surface area contributed by atoms with Crippen LogP contribution in [0.25, 0.3) is 33.4 Å². The van der Waals surface area contributed by atoms with Crippen LogP contribution in [0.2, 0.25) is 0 Å². The monoisotopic (exact) mass is 1080 g/mol. The number of aliphatic carboxylic acids is 1. The molecule has 398 valence electrons. The van der Waals surface area contributed by atoms with E-state index in [1.54, 1.807) is 48.7 Å². The predicted molar refractivity (Wildman–Crippen MR) is 285 cm³/mol. The maximum atomic E-state index is 13.4. The maximum Gasteiger partial charge on any atom is 0.352 e. The van der Waals surface area contributed by atoms with E-state index in [2.05, 4.69) is 20.9 Å². The largest absolute Gasteiger partial charge is 0.492 e. The van der Waals surface area contributed by atoms with Gasteiger partial charge in [-0.2, -0.15) is 0 Å². The SMILES string of the molecule is Cc1cc(OCCn2cc(CNC(=O)c3cc([N+](=O)[O-])cc([N+](=O)[O-])c3)nn2)ccc1-c1c2ccc(=O)cc-2oc2cc(Oc3ccc(OCC4=C(C(=O)O)N5C(=O)[C@@H](NC(=O)Cc6ccccc6)[C@H]5SC45CC5)cc3)ccc12. The number of carboxylic acid groups (broad SMARTS) is 1. The molecule has 2 atom stereocenters. The smallest absolute Gasteiger partial charge is 0.352 e. The number of hydrogen-bond acceptors (Lipinski definition) is 16. The van der Waals surface area contributed by atoms with Crippen molar-refractivity contribution in [3.05, 3.63) is 198 Å². The second kappa shape index (κ2) is 20.9. The molecule has 5 aromatic carbocycles. The molecule has 0 radical (unpaired) electrons. The number of β-lactam (4-membered cyclic amide) rings is 1. The molecule has 3 N–H and O–H groups in total. The Morgan fingerprint density at radius 3 is 2.25 bits per heavy atom. The molecule has 5 aliphatic rings. The first-order valence-electron chi connectivity index (χ1n) is 24.7. The number of rotatable bonds is 19. The lowest BCUT2D eigenvalue weighted by molar-refractivity contribution is -0.394. The van der Waals surface area contributed by atoms with Crippen molar-refractivity contribution in [2.75, 3.05) is 13.2 Å². The first kappa shape index (κ1) is 51.2. The fraction of sp³-hybridized carbons (Fsp3) is 0.196. The van der Waals surface area contributed by atoms with Crippen LogP contribution in [0.5, 0.6) is 23.0 Å². The number of aryl methyl sites for hydroxylation is 1. The molecule has 22 nitrogen and oxygen atoms in total. The second-order valence-electron chi connectivity index (χ2n) is 18.9. The van der Waals surface area contributed by atoms with Gasteiger partial charge in [0.2, 0.25) is 5.91 Å². The average Bonchev–Trinajstić information content (AvgIpc) is 3.90. The number of nitrogens with zero attached hydrogens (tertiary/aromatic N) is 6. The zero-order chi connectivity index (χ0) is 55.1. The van der Waals surface area contributed by atoms with Gasteiger partial charge < -0.3 is 34.4 Å². The third-order valence-electron chi connectivity index (χ3n) is 13.7. The van der Waals surface area contributed by atoms with Crippen LogP contribution in [0.15, 0.2) is 154 Å². The summed E-state index contributed by atoms with van der Waals surface area (Å²) in [5.74, 6) is -0.480. The van der Waals surface area contributed by atoms with Gasteiger partial charge in [0, 0.05) is 51.1 Å². The number of amides is 3. The van der Waals surface area contributed by atoms with Gasteiger partial charge in [-0.15, -0.1) is 16.9 Å². The Balaban J connectivity index is 0.731. The lowest BCUT2D eigenvalue weighted by Crippen LogP contribution is -2.71. The Morgan fingerprint density at radius 1 is 0.835 bits per heavy atom. The molecule has 2 fully saturated rings. The van der Waals surface area contributed by atoms with Crippen molar-refractivity contribution in [3.8, 4) is 45.4 Å². The number of ether oxygens (including phenoxy) is 3. The molecule has 1 saturated heterocycles. The molecule has 1 spiro atoms. The summed E-state index contributed by atoms with van der Waals surface area (Å²) in [6, 6.07) is 33.5. The Morgan fingerprint density at radius 2 is 1.54 bits per heavy atom. The number of nitro benzene ring substituents is 2. The van der Waals surface area contributed by atoms with Gasteiger partial charge in [-0.05, 0) is 97.1 Å². The van der Waals surface area contributed by atoms with Gasteiger partial charge in [-0.25, -0.2) is 9.48 Å². The van der Waals surface area contributed by atoms with Gasteiger partial charge in [0.1, 0.15) is 70.4 Å². The zero-order valence-electron chi connectivity index (χ0n) is 41.7. The summed E-state index contributed by atoms with van der Waals surface area (Å²) in [7, 11) is 0. The molecule has 1 saturated carbocycles. The van der Waals surface area contributed by atoms with Crippen molar-refractivity contribution in [1.29, 1.82) is 0 Å². The molecular weight excluding hydrogens is 1040 g/mol. The highest BCUT2D eigenvalue weighted by atomic mass is 32.2. The van der Waals surface area contributed by atoms with Gasteiger partial charge in [0.15, 0.2) is 5.43 Å². The number of aromatic nitrogens is 3. The number of non-ortho nitro benzene ring substituents is 2. The highest BCUT2D eigenvalue weighted by Crippen LogP contribution is 2.62. The van der Waals surface area contributed by atoms with E-state index in [1.165, 1.54) is 33.5 Å². The molecule has 6 aromatic rings. The Bertz CT molecular complexity index is 3830. The van der Waals surface area contributed by atoms with Gasteiger partial charge in [-0.3, -0.25) is 44.3 Å². The maximum absolute atomic E-state index is 13.4. The van der Waals surface area contributed by atoms with Crippen LogP contribution in [-0.4, -0.2) is 87.9 Å². The molecule has 79 heavy (non-hydrogen) atoms. The summed E-state index contributed by atoms with van der Waals surface area (Å²) < 4.78 is 25.8. The van der Waals surface area contributed by atoms with Crippen LogP contribution in [0, 0.1) is 27.2 Å². The number of thioether (sulfide) groups is 1. The number of fused-ring (bicyclic) bond motifs is 3. The van der Waals surface area contributed by atoms with Crippen molar-refractivity contribution < 1.29 is 52.8 Å². The zero-order valence-corrected chi connectivity index (χ0v) is 42.5. The highest BCUT2D eigenvalue weighted by molar-refractivity contribution is 8.02. The van der Waals surface area contributed by atoms with Gasteiger partial charge in [0.05, 0.1) is 47.2 Å². The fourth-order valence-electron chi connectivity index (χ4n) is 9.69. The number of nitro groups is 2. The van der Waals surface area contributed by atoms with Crippen molar-refractivity contribution in [1.82, 2.24) is 30.5 Å². The summed E-state index contributed by atoms with van der Waals surface area (Å²) in [5, 5.41) is 46.6. The number of carbonyl (C=O) groups is 4. The van der Waals surface area contributed by atoms with Gasteiger partial charge >= 0.3 is 5.97 Å². The van der Waals surface area contributed by atoms with Crippen LogP contribution < -0.4 is 30.3 Å². The molecule has 2 aliphatic carbocycles. The van der Waals surface area contributed by atoms with E-state index in [1.807, 2.05) is 61.5 Å². The minimum absolute atomic E-state index is 0.0624. The Labute approximate surface area is 451 Å². The summed E-state index contributed by atoms with van der Waals surface area (Å²) >= 11 is 1.49. The van der Waals surface area contributed by atoms with Gasteiger partial charge in [0.25, 0.3) is 23.2 Å². The summed E-state index contributed by atoms with van der Waals surface area (Å²) in [6.07, 6.45) is 3.10. The van der Waals surface area contributed by atoms with Crippen LogP contribution in [0.1, 0.15) is 40.0 Å². The van der Waals surface area contributed by atoms with Crippen molar-refractivity contribution in [2.24, 2.45) is 0 Å². The van der Waals surface area contributed by atoms with Crippen LogP contribution in [-0.2, 0) is 33.9 Å². The average molecular weight is 1090 g/mol. The van der Waals surface area contributed by atoms with Crippen LogP contribution in [0.3, 0.4) is 0 Å². The number of benzene rings is 6. The van der Waals surface area contributed by atoms with E-state index in [9.17, 15) is 49.3 Å². The van der Waals surface area contributed by atoms with Gasteiger partial charge in [-0.1, -0.05) is 41.6 Å². The van der Waals surface area contributed by atoms with Crippen LogP contribution >= 0.6 is 11.8 Å². The quantitative estimate of drug-likeness (QED) is 0.0299. The Hall–Kier alpha value is -9.90. The first-order valence-corrected chi connectivity index (χ1v) is 25.5. The number of hydrogen-bond donors (Lipinski definition) is 3. The van der Waals surface area contributed by atoms with Crippen LogP contribution in [0.4, 0.5) is 11.4 Å². The van der Waals surface area contributed by atoms with E-state index in [4.69, 9.17) is 18.6 Å². The molecule has 3 aliphatic heterocycles. The first-order chi connectivity index (χ1) is 38.1. The molecule has 23 heteroatoms. The topological polar surface area (TPSA) is 291 Å². The third kappa shape index (κ3) is 10.5. The number of carbonyl (C=O) groups excluding carboxylic acids is 3. The molecular formula is C56H44N8O14S. The lowest BCUT2D eigenvalue weighted by Gasteiger charge is -2.51. The number of nitrogens with one attached hydrogen (secondary N) is 2. The minimum Gasteiger partial charge on any atom is -0.492 e. The highest BCUT2D eigenvalue weighted by Gasteiger charge is 2.64. The molecule has 11 rings (SSSR count). The molecule has 1 aromatic heterocycles. The van der Waals surface area contributed by atoms with E-state index < -0.39 is 55.2 Å². The summed E-state index contributed by atoms with van der Waals surface area (Å²) in [5.41, 5.74) is 3.64. The van der Waals surface area contributed by atoms with Crippen molar-refractivity contribution in [2.45, 2.75) is 55.4 Å². The molecule has 0 bridgehead atoms. The van der Waals surface area contributed by atoms with Crippen molar-refractivity contribution in [3.63, 3.8) is 0 Å². The van der Waals surface area contributed by atoms with Crippen molar-refractivity contribution >= 4 is 57.8 Å². The Kier molecular flexibility index (Phi) is 13.6. The standard InChI is InChI=1S/C56H44N8O14S/c1-31-21-40(75-20-19-61-29-34(59-60-61)28-57-52(67)33-23-35(63(71)72)25-36(24-33)64(73)74)12-15-42(31)49-43-14-7-37(65)26-46(43)78-47-27-41(13-16-44(47)49)77-39-10-8-38(9-11-39)76-30-45-51(55(69)70)62-53(68)50(54(62)79-56(45)17-18-56)58-48(66)22-32-5-3-2-4-6-32/h2-16,21,23-27,29,50,54H,17-20,22,28,30H2,1H3,(H,57,67)(H,58,66)(H,69,70)/t50-,54-/m1/s1. The van der Waals surface area contributed by atoms with E-state index in [0.717, 1.165) is 45.8 Å². The summed E-state index contributed by atoms with van der Waals surface area (Å²) in [6.45, 7) is 2.26. The minimum atomic E-state index is -1.24.